The Labute approximate surface area is 104 Å². The minimum Gasteiger partial charge on any atom is -0.299 e. The summed E-state index contributed by atoms with van der Waals surface area (Å²) < 4.78 is 15.7. The van der Waals surface area contributed by atoms with Crippen LogP contribution in [0, 0.1) is 10.6 Å². The predicted molar refractivity (Wildman–Crippen MR) is 64.9 cm³/mol. The highest BCUT2D eigenvalue weighted by Crippen LogP contribution is 2.23. The Kier molecular flexibility index (Phi) is 3.02. The molecular weight excluding hydrogens is 295 g/mol. The van der Waals surface area contributed by atoms with Crippen LogP contribution >= 0.6 is 28.1 Å². The molecule has 0 aliphatic heterocycles. The van der Waals surface area contributed by atoms with E-state index in [0.717, 1.165) is 0 Å². The van der Waals surface area contributed by atoms with Crippen LogP contribution in [0.2, 0.25) is 0 Å². The molecule has 0 saturated carbocycles. The van der Waals surface area contributed by atoms with Gasteiger partial charge in [-0.2, -0.15) is 0 Å². The van der Waals surface area contributed by atoms with Crippen molar-refractivity contribution >= 4 is 28.1 Å². The molecule has 0 fully saturated rings. The van der Waals surface area contributed by atoms with Gasteiger partial charge in [0.2, 0.25) is 0 Å². The first-order chi connectivity index (χ1) is 7.59. The molecule has 16 heavy (non-hydrogen) atoms. The minimum atomic E-state index is -0.419. The Balaban J connectivity index is 2.78. The van der Waals surface area contributed by atoms with E-state index in [-0.39, 0.29) is 16.0 Å². The summed E-state index contributed by atoms with van der Waals surface area (Å²) in [5.74, 6) is -0.419. The lowest BCUT2D eigenvalue weighted by Crippen LogP contribution is -2.11. The van der Waals surface area contributed by atoms with Gasteiger partial charge in [0.15, 0.2) is 4.77 Å². The zero-order valence-electron chi connectivity index (χ0n) is 7.91. The van der Waals surface area contributed by atoms with Gasteiger partial charge in [-0.05, 0) is 40.3 Å². The largest absolute Gasteiger partial charge is 0.299 e. The summed E-state index contributed by atoms with van der Waals surface area (Å²) >= 11 is 8.20. The van der Waals surface area contributed by atoms with Crippen LogP contribution < -0.4 is 5.56 Å². The third kappa shape index (κ3) is 1.98. The van der Waals surface area contributed by atoms with Gasteiger partial charge in [-0.25, -0.2) is 4.39 Å². The molecule has 3 nitrogen and oxygen atoms in total. The fourth-order valence-corrected chi connectivity index (χ4v) is 2.10. The Bertz CT molecular complexity index is 630. The summed E-state index contributed by atoms with van der Waals surface area (Å²) in [6, 6.07) is 5.89. The summed E-state index contributed by atoms with van der Waals surface area (Å²) in [7, 11) is 0. The summed E-state index contributed by atoms with van der Waals surface area (Å²) in [6.07, 6.45) is 1.43. The molecule has 0 bridgehead atoms. The molecule has 0 aliphatic carbocycles. The van der Waals surface area contributed by atoms with Crippen LogP contribution in [-0.2, 0) is 0 Å². The molecule has 0 saturated heterocycles. The highest BCUT2D eigenvalue weighted by molar-refractivity contribution is 9.10. The fraction of sp³-hybridized carbons (Fsp3) is 0. The Hall–Kier alpha value is -1.27. The van der Waals surface area contributed by atoms with E-state index in [4.69, 9.17) is 12.2 Å². The second-order valence-corrected chi connectivity index (χ2v) is 4.29. The van der Waals surface area contributed by atoms with Crippen molar-refractivity contribution in [1.29, 1.82) is 0 Å². The quantitative estimate of drug-likeness (QED) is 0.823. The molecule has 0 spiro atoms. The number of aromatic nitrogens is 2. The molecule has 6 heteroatoms. The van der Waals surface area contributed by atoms with Gasteiger partial charge in [0.1, 0.15) is 5.82 Å². The van der Waals surface area contributed by atoms with Crippen molar-refractivity contribution < 1.29 is 4.39 Å². The Morgan fingerprint density at radius 3 is 2.75 bits per heavy atom. The average Bonchev–Trinajstić information content (AvgIpc) is 2.20. The lowest BCUT2D eigenvalue weighted by molar-refractivity contribution is 0.614. The number of nitrogens with one attached hydrogen (secondary N) is 1. The third-order valence-electron chi connectivity index (χ3n) is 2.00. The highest BCUT2D eigenvalue weighted by Gasteiger charge is 2.08. The smallest absolute Gasteiger partial charge is 0.251 e. The van der Waals surface area contributed by atoms with Gasteiger partial charge >= 0.3 is 0 Å². The maximum atomic E-state index is 13.6. The van der Waals surface area contributed by atoms with E-state index >= 15 is 0 Å². The summed E-state index contributed by atoms with van der Waals surface area (Å²) in [6.45, 7) is 0. The monoisotopic (exact) mass is 300 g/mol. The molecule has 0 aliphatic rings. The van der Waals surface area contributed by atoms with Gasteiger partial charge in [0.25, 0.3) is 5.56 Å². The number of nitrogens with zero attached hydrogens (tertiary/aromatic N) is 1. The maximum Gasteiger partial charge on any atom is 0.251 e. The topological polar surface area (TPSA) is 37.8 Å². The SMILES string of the molecule is O=c1ccn(-c2c(F)cccc2Br)c(=S)[nH]1. The number of benzene rings is 1. The van der Waals surface area contributed by atoms with E-state index in [1.54, 1.807) is 12.1 Å². The van der Waals surface area contributed by atoms with Crippen LogP contribution in [-0.4, -0.2) is 9.55 Å². The van der Waals surface area contributed by atoms with Crippen LogP contribution in [0.3, 0.4) is 0 Å². The molecule has 1 N–H and O–H groups in total. The first-order valence-electron chi connectivity index (χ1n) is 4.36. The average molecular weight is 301 g/mol. The van der Waals surface area contributed by atoms with E-state index in [0.29, 0.717) is 4.47 Å². The predicted octanol–water partition coefficient (Wildman–Crippen LogP) is 2.80. The van der Waals surface area contributed by atoms with Crippen molar-refractivity contribution in [3.05, 3.63) is 55.9 Å². The van der Waals surface area contributed by atoms with E-state index in [1.807, 2.05) is 0 Å². The molecule has 2 rings (SSSR count). The highest BCUT2D eigenvalue weighted by atomic mass is 79.9. The number of rotatable bonds is 1. The zero-order valence-corrected chi connectivity index (χ0v) is 10.3. The number of hydrogen-bond donors (Lipinski definition) is 1. The normalized spacial score (nSPS) is 10.4. The van der Waals surface area contributed by atoms with Gasteiger partial charge in [-0.3, -0.25) is 14.3 Å². The summed E-state index contributed by atoms with van der Waals surface area (Å²) in [5.41, 5.74) is -0.0301. The molecule has 0 amide bonds. The zero-order chi connectivity index (χ0) is 11.7. The van der Waals surface area contributed by atoms with E-state index in [9.17, 15) is 9.18 Å². The Morgan fingerprint density at radius 2 is 2.12 bits per heavy atom. The molecule has 1 aromatic heterocycles. The van der Waals surface area contributed by atoms with Gasteiger partial charge in [0, 0.05) is 16.7 Å². The first-order valence-corrected chi connectivity index (χ1v) is 5.56. The van der Waals surface area contributed by atoms with Gasteiger partial charge in [-0.1, -0.05) is 6.07 Å². The lowest BCUT2D eigenvalue weighted by atomic mass is 10.3. The second kappa shape index (κ2) is 4.31. The van der Waals surface area contributed by atoms with Crippen LogP contribution in [0.4, 0.5) is 4.39 Å². The number of aromatic amines is 1. The van der Waals surface area contributed by atoms with Crippen molar-refractivity contribution in [3.63, 3.8) is 0 Å². The molecule has 0 radical (unpaired) electrons. The number of hydrogen-bond acceptors (Lipinski definition) is 2. The van der Waals surface area contributed by atoms with E-state index in [1.165, 1.54) is 22.9 Å². The van der Waals surface area contributed by atoms with Crippen LogP contribution in [0.5, 0.6) is 0 Å². The van der Waals surface area contributed by atoms with Gasteiger partial charge in [-0.15, -0.1) is 0 Å². The van der Waals surface area contributed by atoms with Crippen molar-refractivity contribution in [2.75, 3.05) is 0 Å². The standard InChI is InChI=1S/C10H6BrFN2OS/c11-6-2-1-3-7(12)9(6)14-5-4-8(15)13-10(14)16/h1-5H,(H,13,15,16). The molecule has 2 aromatic rings. The van der Waals surface area contributed by atoms with Crippen molar-refractivity contribution in [1.82, 2.24) is 9.55 Å². The summed E-state index contributed by atoms with van der Waals surface area (Å²) in [5, 5.41) is 0. The number of halogens is 2. The lowest BCUT2D eigenvalue weighted by Gasteiger charge is -2.09. The molecule has 1 heterocycles. The van der Waals surface area contributed by atoms with Crippen LogP contribution in [0.1, 0.15) is 0 Å². The van der Waals surface area contributed by atoms with Gasteiger partial charge < -0.3 is 0 Å². The van der Waals surface area contributed by atoms with E-state index < -0.39 is 5.82 Å². The summed E-state index contributed by atoms with van der Waals surface area (Å²) in [4.78, 5) is 13.4. The molecule has 1 aromatic carbocycles. The molecular formula is C10H6BrFN2OS. The van der Waals surface area contributed by atoms with Crippen molar-refractivity contribution in [2.24, 2.45) is 0 Å². The second-order valence-electron chi connectivity index (χ2n) is 3.05. The fourth-order valence-electron chi connectivity index (χ4n) is 1.31. The van der Waals surface area contributed by atoms with Crippen LogP contribution in [0.15, 0.2) is 39.7 Å². The maximum absolute atomic E-state index is 13.6. The Morgan fingerprint density at radius 1 is 1.38 bits per heavy atom. The van der Waals surface area contributed by atoms with E-state index in [2.05, 4.69) is 20.9 Å². The minimum absolute atomic E-state index is 0.151. The van der Waals surface area contributed by atoms with Crippen LogP contribution in [0.25, 0.3) is 5.69 Å². The third-order valence-corrected chi connectivity index (χ3v) is 2.94. The van der Waals surface area contributed by atoms with Gasteiger partial charge in [0.05, 0.1) is 5.69 Å². The molecule has 0 unspecified atom stereocenters. The molecule has 0 atom stereocenters. The molecule has 82 valence electrons. The number of para-hydroxylation sites is 1. The number of H-pyrrole nitrogens is 1. The van der Waals surface area contributed by atoms with Crippen molar-refractivity contribution in [3.8, 4) is 5.69 Å². The van der Waals surface area contributed by atoms with Crippen molar-refractivity contribution in [2.45, 2.75) is 0 Å². The first kappa shape index (κ1) is 11.2.